The highest BCUT2D eigenvalue weighted by Gasteiger charge is 2.09. The molecule has 2 nitrogen and oxygen atoms in total. The molecule has 0 radical (unpaired) electrons. The van der Waals surface area contributed by atoms with E-state index in [1.807, 2.05) is 13.0 Å². The lowest BCUT2D eigenvalue weighted by Crippen LogP contribution is -1.99. The van der Waals surface area contributed by atoms with E-state index in [4.69, 9.17) is 17.3 Å². The first kappa shape index (κ1) is 14.6. The van der Waals surface area contributed by atoms with Crippen molar-refractivity contribution in [3.8, 4) is 0 Å². The summed E-state index contributed by atoms with van der Waals surface area (Å²) in [5.74, 6) is -0.383. The average molecular weight is 408 g/mol. The van der Waals surface area contributed by atoms with Gasteiger partial charge < -0.3 is 11.1 Å². The van der Waals surface area contributed by atoms with Crippen molar-refractivity contribution >= 4 is 60.5 Å². The van der Waals surface area contributed by atoms with Gasteiger partial charge in [-0.05, 0) is 62.5 Å². The highest BCUT2D eigenvalue weighted by molar-refractivity contribution is 9.10. The normalized spacial score (nSPS) is 10.6. The number of nitrogens with two attached hydrogens (primary N) is 1. The Morgan fingerprint density at radius 3 is 2.47 bits per heavy atom. The fraction of sp³-hybridized carbons (Fsp3) is 0.0769. The second-order valence-electron chi connectivity index (χ2n) is 4.06. The summed E-state index contributed by atoms with van der Waals surface area (Å²) in [6.45, 7) is 1.91. The molecule has 0 amide bonds. The minimum atomic E-state index is -0.383. The standard InChI is InChI=1S/C13H10Br2ClFN2/c1-6-2-8(15)12(4-9(6)16)19-13-5-10(17)7(14)3-11(13)18/h2-5,19H,18H2,1H3. The van der Waals surface area contributed by atoms with E-state index in [0.717, 1.165) is 15.7 Å². The molecule has 0 aliphatic heterocycles. The third-order valence-corrected chi connectivity index (χ3v) is 4.28. The van der Waals surface area contributed by atoms with Crippen LogP contribution < -0.4 is 11.1 Å². The summed E-state index contributed by atoms with van der Waals surface area (Å²) in [6, 6.07) is 6.50. The number of halogens is 4. The van der Waals surface area contributed by atoms with Crippen LogP contribution in [0.1, 0.15) is 5.56 Å². The minimum absolute atomic E-state index is 0.330. The largest absolute Gasteiger partial charge is 0.397 e. The molecule has 0 aromatic heterocycles. The summed E-state index contributed by atoms with van der Waals surface area (Å²) in [4.78, 5) is 0. The molecule has 0 saturated carbocycles. The maximum absolute atomic E-state index is 13.5. The Bertz CT molecular complexity index is 592. The van der Waals surface area contributed by atoms with E-state index in [1.165, 1.54) is 12.1 Å². The van der Waals surface area contributed by atoms with Gasteiger partial charge in [0.25, 0.3) is 0 Å². The second kappa shape index (κ2) is 5.69. The zero-order valence-corrected chi connectivity index (χ0v) is 13.8. The van der Waals surface area contributed by atoms with Crippen molar-refractivity contribution in [1.29, 1.82) is 0 Å². The molecule has 0 aliphatic rings. The fourth-order valence-electron chi connectivity index (χ4n) is 1.56. The molecule has 0 bridgehead atoms. The number of anilines is 3. The summed E-state index contributed by atoms with van der Waals surface area (Å²) in [6.07, 6.45) is 0. The number of hydrogen-bond donors (Lipinski definition) is 2. The minimum Gasteiger partial charge on any atom is -0.397 e. The molecule has 2 rings (SSSR count). The number of nitrogens with one attached hydrogen (secondary N) is 1. The van der Waals surface area contributed by atoms with Crippen molar-refractivity contribution in [3.05, 3.63) is 49.6 Å². The SMILES string of the molecule is Cc1cc(Br)c(Nc2cc(F)c(Br)cc2N)cc1Cl. The van der Waals surface area contributed by atoms with Gasteiger partial charge in [-0.1, -0.05) is 11.6 Å². The number of nitrogen functional groups attached to an aromatic ring is 1. The van der Waals surface area contributed by atoms with Gasteiger partial charge in [-0.3, -0.25) is 0 Å². The molecule has 0 aliphatic carbocycles. The highest BCUT2D eigenvalue weighted by atomic mass is 79.9. The molecule has 0 heterocycles. The lowest BCUT2D eigenvalue weighted by Gasteiger charge is -2.13. The van der Waals surface area contributed by atoms with Gasteiger partial charge in [0.2, 0.25) is 0 Å². The average Bonchev–Trinajstić information content (AvgIpc) is 2.32. The molecule has 6 heteroatoms. The third-order valence-electron chi connectivity index (χ3n) is 2.61. The van der Waals surface area contributed by atoms with E-state index in [9.17, 15) is 4.39 Å². The molecule has 2 aromatic carbocycles. The van der Waals surface area contributed by atoms with Crippen LogP contribution in [-0.2, 0) is 0 Å². The first-order valence-corrected chi connectivity index (χ1v) is 7.32. The molecular formula is C13H10Br2ClFN2. The van der Waals surface area contributed by atoms with Crippen LogP contribution in [0.25, 0.3) is 0 Å². The number of hydrogen-bond acceptors (Lipinski definition) is 2. The zero-order valence-electron chi connectivity index (χ0n) is 9.90. The molecule has 100 valence electrons. The van der Waals surface area contributed by atoms with Gasteiger partial charge in [-0.2, -0.15) is 0 Å². The second-order valence-corrected chi connectivity index (χ2v) is 6.18. The number of benzene rings is 2. The van der Waals surface area contributed by atoms with Crippen molar-refractivity contribution in [2.24, 2.45) is 0 Å². The molecule has 0 unspecified atom stereocenters. The van der Waals surface area contributed by atoms with Gasteiger partial charge in [-0.25, -0.2) is 4.39 Å². The molecule has 19 heavy (non-hydrogen) atoms. The maximum atomic E-state index is 13.5. The van der Waals surface area contributed by atoms with Crippen LogP contribution in [0.2, 0.25) is 5.02 Å². The third kappa shape index (κ3) is 3.22. The van der Waals surface area contributed by atoms with Crippen molar-refractivity contribution in [2.75, 3.05) is 11.1 Å². The Balaban J connectivity index is 2.42. The van der Waals surface area contributed by atoms with Gasteiger partial charge in [0.05, 0.1) is 21.5 Å². The number of aryl methyl sites for hydroxylation is 1. The Labute approximate surface area is 132 Å². The predicted molar refractivity (Wildman–Crippen MR) is 85.7 cm³/mol. The molecule has 0 saturated heterocycles. The van der Waals surface area contributed by atoms with Crippen LogP contribution in [0.15, 0.2) is 33.2 Å². The van der Waals surface area contributed by atoms with E-state index in [1.54, 1.807) is 6.07 Å². The zero-order chi connectivity index (χ0) is 14.2. The fourth-order valence-corrected chi connectivity index (χ4v) is 2.64. The van der Waals surface area contributed by atoms with Crippen LogP contribution in [0, 0.1) is 12.7 Å². The van der Waals surface area contributed by atoms with E-state index in [2.05, 4.69) is 37.2 Å². The summed E-state index contributed by atoms with van der Waals surface area (Å²) in [5, 5.41) is 3.69. The Kier molecular flexibility index (Phi) is 4.38. The van der Waals surface area contributed by atoms with Gasteiger partial charge in [0, 0.05) is 15.6 Å². The smallest absolute Gasteiger partial charge is 0.139 e. The summed E-state index contributed by atoms with van der Waals surface area (Å²) >= 11 is 12.6. The lowest BCUT2D eigenvalue weighted by atomic mass is 10.2. The Morgan fingerprint density at radius 2 is 1.79 bits per heavy atom. The molecule has 3 N–H and O–H groups in total. The highest BCUT2D eigenvalue weighted by Crippen LogP contribution is 2.34. The van der Waals surface area contributed by atoms with Crippen LogP contribution in [0.3, 0.4) is 0 Å². The Morgan fingerprint density at radius 1 is 1.11 bits per heavy atom. The van der Waals surface area contributed by atoms with Crippen molar-refractivity contribution in [1.82, 2.24) is 0 Å². The van der Waals surface area contributed by atoms with Crippen LogP contribution in [0.5, 0.6) is 0 Å². The van der Waals surface area contributed by atoms with Crippen LogP contribution >= 0.6 is 43.5 Å². The van der Waals surface area contributed by atoms with Crippen molar-refractivity contribution in [3.63, 3.8) is 0 Å². The van der Waals surface area contributed by atoms with Gasteiger partial charge >= 0.3 is 0 Å². The van der Waals surface area contributed by atoms with Crippen LogP contribution in [-0.4, -0.2) is 0 Å². The summed E-state index contributed by atoms with van der Waals surface area (Å²) in [7, 11) is 0. The quantitative estimate of drug-likeness (QED) is 0.631. The van der Waals surface area contributed by atoms with Gasteiger partial charge in [0.15, 0.2) is 0 Å². The first-order chi connectivity index (χ1) is 8.88. The van der Waals surface area contributed by atoms with E-state index in [0.29, 0.717) is 20.9 Å². The van der Waals surface area contributed by atoms with Crippen LogP contribution in [0.4, 0.5) is 21.5 Å². The molecule has 0 spiro atoms. The lowest BCUT2D eigenvalue weighted by molar-refractivity contribution is 0.622. The topological polar surface area (TPSA) is 38.0 Å². The predicted octanol–water partition coefficient (Wildman–Crippen LogP) is 5.64. The summed E-state index contributed by atoms with van der Waals surface area (Å²) < 4.78 is 14.7. The monoisotopic (exact) mass is 406 g/mol. The Hall–Kier alpha value is -0.780. The van der Waals surface area contributed by atoms with Crippen molar-refractivity contribution < 1.29 is 4.39 Å². The maximum Gasteiger partial charge on any atom is 0.139 e. The molecule has 0 fully saturated rings. The van der Waals surface area contributed by atoms with E-state index < -0.39 is 0 Å². The molecule has 0 atom stereocenters. The van der Waals surface area contributed by atoms with E-state index in [-0.39, 0.29) is 5.82 Å². The summed E-state index contributed by atoms with van der Waals surface area (Å²) in [5.41, 5.74) is 8.46. The van der Waals surface area contributed by atoms with Gasteiger partial charge in [0.1, 0.15) is 5.82 Å². The molecule has 2 aromatic rings. The van der Waals surface area contributed by atoms with Gasteiger partial charge in [-0.15, -0.1) is 0 Å². The number of rotatable bonds is 2. The van der Waals surface area contributed by atoms with E-state index >= 15 is 0 Å². The first-order valence-electron chi connectivity index (χ1n) is 5.35. The molecular weight excluding hydrogens is 398 g/mol. The van der Waals surface area contributed by atoms with Crippen molar-refractivity contribution in [2.45, 2.75) is 6.92 Å².